The van der Waals surface area contributed by atoms with Gasteiger partial charge in [0.2, 0.25) is 5.75 Å². The van der Waals surface area contributed by atoms with Gasteiger partial charge in [0, 0.05) is 6.20 Å². The molecule has 17 heavy (non-hydrogen) atoms. The van der Waals surface area contributed by atoms with E-state index in [1.807, 2.05) is 0 Å². The van der Waals surface area contributed by atoms with Crippen LogP contribution in [0.3, 0.4) is 0 Å². The predicted octanol–water partition coefficient (Wildman–Crippen LogP) is 2.68. The lowest BCUT2D eigenvalue weighted by Gasteiger charge is -2.03. The molecule has 0 atom stereocenters. The average molecular weight is 272 g/mol. The van der Waals surface area contributed by atoms with E-state index in [9.17, 15) is 10.1 Å². The molecule has 2 aromatic rings. The lowest BCUT2D eigenvalue weighted by molar-refractivity contribution is -0.390. The van der Waals surface area contributed by atoms with Crippen LogP contribution in [0.1, 0.15) is 4.88 Å². The summed E-state index contributed by atoms with van der Waals surface area (Å²) in [6.45, 7) is 0.178. The first-order valence-electron chi connectivity index (χ1n) is 4.49. The molecule has 0 saturated heterocycles. The van der Waals surface area contributed by atoms with E-state index in [-0.39, 0.29) is 18.2 Å². The van der Waals surface area contributed by atoms with Crippen molar-refractivity contribution < 1.29 is 9.66 Å². The minimum absolute atomic E-state index is 0.127. The molecule has 2 aromatic heterocycles. The van der Waals surface area contributed by atoms with Gasteiger partial charge >= 0.3 is 5.82 Å². The summed E-state index contributed by atoms with van der Waals surface area (Å²) >= 11 is 6.92. The fraction of sp³-hybridized carbons (Fsp3) is 0.111. The molecule has 2 heterocycles. The van der Waals surface area contributed by atoms with Crippen molar-refractivity contribution in [3.05, 3.63) is 44.0 Å². The number of ether oxygens (including phenoxy) is 1. The van der Waals surface area contributed by atoms with Gasteiger partial charge in [-0.05, 0) is 22.0 Å². The van der Waals surface area contributed by atoms with Gasteiger partial charge in [-0.3, -0.25) is 0 Å². The summed E-state index contributed by atoms with van der Waals surface area (Å²) in [5.74, 6) is -0.176. The number of hydrogen-bond acceptors (Lipinski definition) is 6. The highest BCUT2D eigenvalue weighted by Gasteiger charge is 2.15. The smallest absolute Gasteiger partial charge is 0.406 e. The van der Waals surface area contributed by atoms with Gasteiger partial charge in [-0.2, -0.15) is 0 Å². The molecular formula is C9H6ClN3O3S. The second-order valence-electron chi connectivity index (χ2n) is 2.95. The Morgan fingerprint density at radius 2 is 2.35 bits per heavy atom. The summed E-state index contributed by atoms with van der Waals surface area (Å²) in [5.41, 5.74) is 0. The van der Waals surface area contributed by atoms with Crippen molar-refractivity contribution >= 4 is 28.8 Å². The molecule has 2 rings (SSSR count). The molecule has 8 heteroatoms. The van der Waals surface area contributed by atoms with Crippen LogP contribution in [-0.2, 0) is 6.61 Å². The van der Waals surface area contributed by atoms with Crippen molar-refractivity contribution in [2.45, 2.75) is 6.61 Å². The summed E-state index contributed by atoms with van der Waals surface area (Å²) in [6.07, 6.45) is 2.91. The maximum atomic E-state index is 10.7. The normalized spacial score (nSPS) is 10.2. The maximum Gasteiger partial charge on any atom is 0.406 e. The van der Waals surface area contributed by atoms with Crippen LogP contribution in [0.25, 0.3) is 0 Å². The highest BCUT2D eigenvalue weighted by molar-refractivity contribution is 7.15. The van der Waals surface area contributed by atoms with Crippen LogP contribution in [0.15, 0.2) is 24.5 Å². The van der Waals surface area contributed by atoms with Gasteiger partial charge in [-0.15, -0.1) is 11.3 Å². The van der Waals surface area contributed by atoms with Gasteiger partial charge in [-0.1, -0.05) is 11.6 Å². The third kappa shape index (κ3) is 2.89. The minimum atomic E-state index is -0.588. The third-order valence-electron chi connectivity index (χ3n) is 1.82. The minimum Gasteiger partial charge on any atom is -0.480 e. The highest BCUT2D eigenvalue weighted by atomic mass is 35.5. The molecule has 0 bridgehead atoms. The summed E-state index contributed by atoms with van der Waals surface area (Å²) in [6, 6.07) is 3.07. The quantitative estimate of drug-likeness (QED) is 0.631. The molecule has 0 aliphatic heterocycles. The van der Waals surface area contributed by atoms with E-state index in [0.29, 0.717) is 4.47 Å². The van der Waals surface area contributed by atoms with Crippen molar-refractivity contribution in [2.75, 3.05) is 0 Å². The molecular weight excluding hydrogens is 266 g/mol. The molecule has 0 spiro atoms. The zero-order valence-electron chi connectivity index (χ0n) is 8.37. The number of aromatic nitrogens is 2. The van der Waals surface area contributed by atoms with Crippen LogP contribution in [0, 0.1) is 10.1 Å². The Morgan fingerprint density at radius 3 is 3.00 bits per heavy atom. The summed E-state index contributed by atoms with van der Waals surface area (Å²) in [4.78, 5) is 18.3. The lowest BCUT2D eigenvalue weighted by Crippen LogP contribution is -1.99. The Hall–Kier alpha value is -1.73. The number of pyridine rings is 1. The van der Waals surface area contributed by atoms with Gasteiger partial charge in [0.1, 0.15) is 12.8 Å². The Morgan fingerprint density at radius 1 is 1.53 bits per heavy atom. The lowest BCUT2D eigenvalue weighted by atomic mass is 10.4. The monoisotopic (exact) mass is 271 g/mol. The van der Waals surface area contributed by atoms with Crippen LogP contribution < -0.4 is 4.74 Å². The number of thiazole rings is 1. The van der Waals surface area contributed by atoms with Crippen molar-refractivity contribution in [3.63, 3.8) is 0 Å². The van der Waals surface area contributed by atoms with Gasteiger partial charge in [-0.25, -0.2) is 4.98 Å². The van der Waals surface area contributed by atoms with Crippen LogP contribution >= 0.6 is 22.9 Å². The van der Waals surface area contributed by atoms with E-state index in [1.54, 1.807) is 12.3 Å². The van der Waals surface area contributed by atoms with E-state index in [2.05, 4.69) is 9.97 Å². The zero-order valence-corrected chi connectivity index (χ0v) is 9.94. The zero-order chi connectivity index (χ0) is 12.3. The molecule has 0 aliphatic rings. The molecule has 0 unspecified atom stereocenters. The highest BCUT2D eigenvalue weighted by Crippen LogP contribution is 2.25. The molecule has 0 fully saturated rings. The topological polar surface area (TPSA) is 78.2 Å². The number of nitro groups is 1. The Balaban J connectivity index is 2.11. The molecule has 0 amide bonds. The van der Waals surface area contributed by atoms with Crippen LogP contribution in [0.4, 0.5) is 5.82 Å². The second kappa shape index (κ2) is 5.07. The van der Waals surface area contributed by atoms with Crippen LogP contribution in [-0.4, -0.2) is 14.9 Å². The molecule has 6 nitrogen and oxygen atoms in total. The number of rotatable bonds is 4. The van der Waals surface area contributed by atoms with Crippen molar-refractivity contribution in [1.82, 2.24) is 9.97 Å². The summed E-state index contributed by atoms with van der Waals surface area (Å²) < 4.78 is 5.71. The predicted molar refractivity (Wildman–Crippen MR) is 62.3 cm³/mol. The van der Waals surface area contributed by atoms with Gasteiger partial charge in [0.15, 0.2) is 4.47 Å². The fourth-order valence-corrected chi connectivity index (χ4v) is 2.02. The van der Waals surface area contributed by atoms with Gasteiger partial charge in [0.05, 0.1) is 4.88 Å². The average Bonchev–Trinajstić information content (AvgIpc) is 2.73. The maximum absolute atomic E-state index is 10.7. The first-order chi connectivity index (χ1) is 8.16. The van der Waals surface area contributed by atoms with Gasteiger partial charge in [0.25, 0.3) is 0 Å². The summed E-state index contributed by atoms with van der Waals surface area (Å²) in [5, 5.41) is 10.7. The standard InChI is InChI=1S/C9H6ClN3O3S/c10-9-12-4-6(17-9)5-16-7-2-1-3-11-8(7)13(14)15/h1-4H,5H2. The van der Waals surface area contributed by atoms with Crippen molar-refractivity contribution in [3.8, 4) is 5.75 Å². The second-order valence-corrected chi connectivity index (χ2v) is 4.65. The van der Waals surface area contributed by atoms with Gasteiger partial charge < -0.3 is 14.9 Å². The molecule has 0 saturated carbocycles. The first kappa shape index (κ1) is 11.7. The van der Waals surface area contributed by atoms with Crippen molar-refractivity contribution in [2.24, 2.45) is 0 Å². The first-order valence-corrected chi connectivity index (χ1v) is 5.68. The molecule has 0 N–H and O–H groups in total. The van der Waals surface area contributed by atoms with Crippen LogP contribution in [0.5, 0.6) is 5.75 Å². The van der Waals surface area contributed by atoms with Crippen LogP contribution in [0.2, 0.25) is 4.47 Å². The fourth-order valence-electron chi connectivity index (χ4n) is 1.13. The Bertz CT molecular complexity index is 546. The number of nitrogens with zero attached hydrogens (tertiary/aromatic N) is 3. The van der Waals surface area contributed by atoms with E-state index >= 15 is 0 Å². The Labute approximate surface area is 105 Å². The van der Waals surface area contributed by atoms with E-state index in [0.717, 1.165) is 4.88 Å². The summed E-state index contributed by atoms with van der Waals surface area (Å²) in [7, 11) is 0. The van der Waals surface area contributed by atoms with Crippen molar-refractivity contribution in [1.29, 1.82) is 0 Å². The van der Waals surface area contributed by atoms with E-state index in [1.165, 1.54) is 23.6 Å². The molecule has 0 aliphatic carbocycles. The van der Waals surface area contributed by atoms with E-state index < -0.39 is 4.92 Å². The largest absolute Gasteiger partial charge is 0.480 e. The SMILES string of the molecule is O=[N+]([O-])c1ncccc1OCc1cnc(Cl)s1. The molecule has 0 aromatic carbocycles. The Kier molecular flexibility index (Phi) is 3.50. The number of halogens is 1. The number of hydrogen-bond donors (Lipinski definition) is 0. The van der Waals surface area contributed by atoms with E-state index in [4.69, 9.17) is 16.3 Å². The molecule has 0 radical (unpaired) electrons. The third-order valence-corrected chi connectivity index (χ3v) is 2.91. The molecule has 88 valence electrons.